The molecule has 1 saturated heterocycles. The molecule has 1 fully saturated rings. The summed E-state index contributed by atoms with van der Waals surface area (Å²) in [6.07, 6.45) is 1.17. The van der Waals surface area contributed by atoms with E-state index in [1.165, 1.54) is 0 Å². The number of rotatable bonds is 6. The van der Waals surface area contributed by atoms with E-state index in [4.69, 9.17) is 4.74 Å². The van der Waals surface area contributed by atoms with E-state index in [-0.39, 0.29) is 24.0 Å². The van der Waals surface area contributed by atoms with E-state index in [1.807, 2.05) is 0 Å². The number of hydrogen-bond donors (Lipinski definition) is 1. The summed E-state index contributed by atoms with van der Waals surface area (Å²) in [7, 11) is -2.60. The van der Waals surface area contributed by atoms with Crippen molar-refractivity contribution < 1.29 is 26.7 Å². The number of amides is 1. The second kappa shape index (κ2) is 9.49. The predicted molar refractivity (Wildman–Crippen MR) is 118 cm³/mol. The van der Waals surface area contributed by atoms with Gasteiger partial charge >= 0.3 is 0 Å². The lowest BCUT2D eigenvalue weighted by Crippen LogP contribution is -2.39. The monoisotopic (exact) mass is 494 g/mol. The van der Waals surface area contributed by atoms with Crippen molar-refractivity contribution in [3.63, 3.8) is 0 Å². The first kappa shape index (κ1) is 23.2. The number of piperidine rings is 1. The van der Waals surface area contributed by atoms with Gasteiger partial charge in [0.05, 0.1) is 7.11 Å². The second-order valence-electron chi connectivity index (χ2n) is 7.41. The number of aromatic nitrogens is 2. The summed E-state index contributed by atoms with van der Waals surface area (Å²) in [6, 6.07) is 9.19. The molecule has 33 heavy (non-hydrogen) atoms. The topological polar surface area (TPSA) is 101 Å². The normalized spacial score (nSPS) is 17.0. The molecule has 1 aromatic heterocycles. The van der Waals surface area contributed by atoms with Gasteiger partial charge in [-0.15, -0.1) is 10.2 Å². The van der Waals surface area contributed by atoms with E-state index < -0.39 is 32.5 Å². The van der Waals surface area contributed by atoms with Gasteiger partial charge in [-0.3, -0.25) is 4.79 Å². The average Bonchev–Trinajstić information content (AvgIpc) is 3.30. The molecule has 2 aromatic carbocycles. The smallest absolute Gasteiger partial charge is 0.286 e. The highest BCUT2D eigenvalue weighted by atomic mass is 32.2. The first-order valence-electron chi connectivity index (χ1n) is 10.0. The van der Waals surface area contributed by atoms with Gasteiger partial charge in [0.1, 0.15) is 27.3 Å². The molecule has 8 nitrogen and oxygen atoms in total. The molecule has 0 radical (unpaired) electrons. The number of nitrogens with zero attached hydrogens (tertiary/aromatic N) is 3. The maximum Gasteiger partial charge on any atom is 0.286 e. The minimum Gasteiger partial charge on any atom is -0.497 e. The van der Waals surface area contributed by atoms with Gasteiger partial charge in [0, 0.05) is 30.8 Å². The standard InChI is InChI=1S/C21H20F2N4O4S2/c1-31-16-7-5-15(6-8-16)24-19(28)21-26-25-20(32-21)13-3-2-10-27(12-13)33(29,30)18-9-4-14(22)11-17(18)23/h4-9,11,13H,2-3,10,12H2,1H3,(H,24,28)/t13-/m1/s1. The van der Waals surface area contributed by atoms with Crippen LogP contribution in [0.25, 0.3) is 0 Å². The Morgan fingerprint density at radius 3 is 2.64 bits per heavy atom. The van der Waals surface area contributed by atoms with Crippen LogP contribution in [-0.4, -0.2) is 49.0 Å². The zero-order valence-corrected chi connectivity index (χ0v) is 19.1. The number of carbonyl (C=O) groups is 1. The van der Waals surface area contributed by atoms with E-state index in [0.717, 1.165) is 27.8 Å². The summed E-state index contributed by atoms with van der Waals surface area (Å²) in [4.78, 5) is 12.0. The summed E-state index contributed by atoms with van der Waals surface area (Å²) < 4.78 is 59.4. The minimum absolute atomic E-state index is 0.0634. The lowest BCUT2D eigenvalue weighted by atomic mass is 10.0. The molecule has 1 N–H and O–H groups in total. The molecule has 0 spiro atoms. The third-order valence-corrected chi connectivity index (χ3v) is 8.21. The Balaban J connectivity index is 1.47. The van der Waals surface area contributed by atoms with Crippen LogP contribution in [0.3, 0.4) is 0 Å². The Hall–Kier alpha value is -2.96. The molecule has 0 aliphatic carbocycles. The maximum atomic E-state index is 14.1. The fourth-order valence-electron chi connectivity index (χ4n) is 3.54. The number of carbonyl (C=O) groups excluding carboxylic acids is 1. The van der Waals surface area contributed by atoms with Crippen LogP contribution in [0.15, 0.2) is 47.4 Å². The average molecular weight is 495 g/mol. The number of halogens is 2. The van der Waals surface area contributed by atoms with Crippen molar-refractivity contribution in [3.8, 4) is 5.75 Å². The van der Waals surface area contributed by atoms with Crippen LogP contribution in [0.5, 0.6) is 5.75 Å². The van der Waals surface area contributed by atoms with Crippen molar-refractivity contribution in [1.82, 2.24) is 14.5 Å². The fraction of sp³-hybridized carbons (Fsp3) is 0.286. The van der Waals surface area contributed by atoms with Crippen LogP contribution in [0, 0.1) is 11.6 Å². The highest BCUT2D eigenvalue weighted by Crippen LogP contribution is 2.32. The first-order chi connectivity index (χ1) is 15.8. The van der Waals surface area contributed by atoms with Crippen molar-refractivity contribution >= 4 is 33.0 Å². The molecule has 0 saturated carbocycles. The van der Waals surface area contributed by atoms with Gasteiger partial charge in [-0.2, -0.15) is 4.31 Å². The Kier molecular flexibility index (Phi) is 6.68. The number of anilines is 1. The Morgan fingerprint density at radius 1 is 1.18 bits per heavy atom. The molecular weight excluding hydrogens is 474 g/mol. The molecule has 1 amide bonds. The van der Waals surface area contributed by atoms with Crippen LogP contribution in [0.4, 0.5) is 14.5 Å². The number of nitrogens with one attached hydrogen (secondary N) is 1. The quantitative estimate of drug-likeness (QED) is 0.562. The van der Waals surface area contributed by atoms with E-state index in [9.17, 15) is 22.0 Å². The van der Waals surface area contributed by atoms with E-state index in [1.54, 1.807) is 31.4 Å². The van der Waals surface area contributed by atoms with Crippen LogP contribution in [0.1, 0.15) is 33.6 Å². The molecule has 0 unspecified atom stereocenters. The third-order valence-electron chi connectivity index (χ3n) is 5.23. The van der Waals surface area contributed by atoms with Gasteiger partial charge in [0.2, 0.25) is 15.0 Å². The van der Waals surface area contributed by atoms with Crippen molar-refractivity contribution in [3.05, 3.63) is 64.1 Å². The number of sulfonamides is 1. The van der Waals surface area contributed by atoms with Gasteiger partial charge in [0.15, 0.2) is 0 Å². The summed E-state index contributed by atoms with van der Waals surface area (Å²) in [5, 5.41) is 11.4. The Labute approximate surface area is 193 Å². The molecule has 1 aliphatic rings. The van der Waals surface area contributed by atoms with Crippen molar-refractivity contribution in [2.45, 2.75) is 23.7 Å². The van der Waals surface area contributed by atoms with E-state index in [0.29, 0.717) is 35.4 Å². The van der Waals surface area contributed by atoms with Crippen LogP contribution in [0.2, 0.25) is 0 Å². The summed E-state index contributed by atoms with van der Waals surface area (Å²) in [5.74, 6) is -2.05. The van der Waals surface area contributed by atoms with Crippen LogP contribution >= 0.6 is 11.3 Å². The SMILES string of the molecule is COc1ccc(NC(=O)c2nnc([C@@H]3CCCN(S(=O)(=O)c4ccc(F)cc4F)C3)s2)cc1. The number of methoxy groups -OCH3 is 1. The number of benzene rings is 2. The molecule has 1 aliphatic heterocycles. The molecule has 2 heterocycles. The molecular formula is C21H20F2N4O4S2. The number of ether oxygens (including phenoxy) is 1. The largest absolute Gasteiger partial charge is 0.497 e. The lowest BCUT2D eigenvalue weighted by molar-refractivity contribution is 0.102. The van der Waals surface area contributed by atoms with E-state index >= 15 is 0 Å². The maximum absolute atomic E-state index is 14.1. The van der Waals surface area contributed by atoms with Crippen molar-refractivity contribution in [2.24, 2.45) is 0 Å². The lowest BCUT2D eigenvalue weighted by Gasteiger charge is -2.30. The van der Waals surface area contributed by atoms with Gasteiger partial charge in [0.25, 0.3) is 5.91 Å². The molecule has 12 heteroatoms. The predicted octanol–water partition coefficient (Wildman–Crippen LogP) is 3.65. The molecule has 1 atom stereocenters. The van der Waals surface area contributed by atoms with Crippen molar-refractivity contribution in [1.29, 1.82) is 0 Å². The van der Waals surface area contributed by atoms with Crippen molar-refractivity contribution in [2.75, 3.05) is 25.5 Å². The van der Waals surface area contributed by atoms with Gasteiger partial charge < -0.3 is 10.1 Å². The molecule has 4 rings (SSSR count). The molecule has 174 valence electrons. The highest BCUT2D eigenvalue weighted by Gasteiger charge is 2.34. The summed E-state index contributed by atoms with van der Waals surface area (Å²) >= 11 is 1.08. The first-order valence-corrected chi connectivity index (χ1v) is 12.3. The minimum atomic E-state index is -4.15. The highest BCUT2D eigenvalue weighted by molar-refractivity contribution is 7.89. The van der Waals surface area contributed by atoms with Crippen LogP contribution < -0.4 is 10.1 Å². The van der Waals surface area contributed by atoms with Gasteiger partial charge in [-0.25, -0.2) is 17.2 Å². The second-order valence-corrected chi connectivity index (χ2v) is 10.3. The Bertz CT molecular complexity index is 1270. The molecule has 0 bridgehead atoms. The summed E-state index contributed by atoms with van der Waals surface area (Å²) in [6.45, 7) is 0.271. The zero-order valence-electron chi connectivity index (χ0n) is 17.5. The van der Waals surface area contributed by atoms with Gasteiger partial charge in [-0.1, -0.05) is 11.3 Å². The molecule has 3 aromatic rings. The zero-order chi connectivity index (χ0) is 23.6. The fourth-order valence-corrected chi connectivity index (χ4v) is 5.97. The van der Waals surface area contributed by atoms with E-state index in [2.05, 4.69) is 15.5 Å². The number of hydrogen-bond acceptors (Lipinski definition) is 7. The third kappa shape index (κ3) is 5.02. The van der Waals surface area contributed by atoms with Crippen LogP contribution in [-0.2, 0) is 10.0 Å². The van der Waals surface area contributed by atoms with Gasteiger partial charge in [-0.05, 0) is 49.2 Å². The Morgan fingerprint density at radius 2 is 1.94 bits per heavy atom. The summed E-state index contributed by atoms with van der Waals surface area (Å²) in [5.41, 5.74) is 0.564.